The highest BCUT2D eigenvalue weighted by molar-refractivity contribution is 9.10. The number of rotatable bonds is 4. The average molecular weight is 376 g/mol. The minimum atomic E-state index is -2.83. The molecular formula is C14H18BrNO4S. The molecule has 0 spiro atoms. The molecule has 1 fully saturated rings. The molecule has 5 nitrogen and oxygen atoms in total. The van der Waals surface area contributed by atoms with Gasteiger partial charge in [-0.1, -0.05) is 22.0 Å². The molecule has 1 aromatic carbocycles. The second kappa shape index (κ2) is 6.89. The Morgan fingerprint density at radius 2 is 2.05 bits per heavy atom. The summed E-state index contributed by atoms with van der Waals surface area (Å²) in [4.78, 5) is 11.4. The summed E-state index contributed by atoms with van der Waals surface area (Å²) in [6.45, 7) is 0.632. The van der Waals surface area contributed by atoms with Gasteiger partial charge in [0, 0.05) is 17.1 Å². The Morgan fingerprint density at radius 3 is 2.62 bits per heavy atom. The smallest absolute Gasteiger partial charge is 0.337 e. The van der Waals surface area contributed by atoms with Crippen molar-refractivity contribution in [1.29, 1.82) is 0 Å². The van der Waals surface area contributed by atoms with E-state index in [1.165, 1.54) is 7.11 Å². The molecule has 0 radical (unpaired) electrons. The Balaban J connectivity index is 1.93. The number of ether oxygens (including phenoxy) is 1. The lowest BCUT2D eigenvalue weighted by Crippen LogP contribution is -2.37. The molecule has 0 aromatic heterocycles. The van der Waals surface area contributed by atoms with Crippen molar-refractivity contribution in [3.05, 3.63) is 33.8 Å². The lowest BCUT2D eigenvalue weighted by molar-refractivity contribution is 0.0600. The van der Waals surface area contributed by atoms with Crippen LogP contribution in [0.1, 0.15) is 28.8 Å². The van der Waals surface area contributed by atoms with Gasteiger partial charge in [-0.05, 0) is 30.5 Å². The van der Waals surface area contributed by atoms with Crippen LogP contribution in [0.5, 0.6) is 0 Å². The van der Waals surface area contributed by atoms with Gasteiger partial charge in [-0.3, -0.25) is 0 Å². The standard InChI is InChI=1S/C14H18BrNO4S/c1-20-14(17)10-2-3-11(13(15)8-10)9-16-12-4-6-21(18,19)7-5-12/h2-3,8,12,16H,4-7,9H2,1H3. The summed E-state index contributed by atoms with van der Waals surface area (Å²) in [6, 6.07) is 5.54. The zero-order chi connectivity index (χ0) is 15.5. The first-order chi connectivity index (χ1) is 9.91. The van der Waals surface area contributed by atoms with E-state index in [0.29, 0.717) is 24.9 Å². The van der Waals surface area contributed by atoms with Crippen LogP contribution in [0, 0.1) is 0 Å². The van der Waals surface area contributed by atoms with Crippen molar-refractivity contribution in [3.63, 3.8) is 0 Å². The summed E-state index contributed by atoms with van der Waals surface area (Å²) in [5.74, 6) is 0.146. The number of nitrogens with one attached hydrogen (secondary N) is 1. The van der Waals surface area contributed by atoms with Gasteiger partial charge < -0.3 is 10.1 Å². The van der Waals surface area contributed by atoms with Crippen molar-refractivity contribution in [3.8, 4) is 0 Å². The van der Waals surface area contributed by atoms with Gasteiger partial charge in [0.25, 0.3) is 0 Å². The van der Waals surface area contributed by atoms with E-state index in [0.717, 1.165) is 10.0 Å². The zero-order valence-corrected chi connectivity index (χ0v) is 14.2. The molecular weight excluding hydrogens is 358 g/mol. The number of hydrogen-bond acceptors (Lipinski definition) is 5. The second-order valence-corrected chi connectivity index (χ2v) is 8.26. The van der Waals surface area contributed by atoms with Crippen LogP contribution in [0.3, 0.4) is 0 Å². The van der Waals surface area contributed by atoms with E-state index in [-0.39, 0.29) is 23.5 Å². The SMILES string of the molecule is COC(=O)c1ccc(CNC2CCS(=O)(=O)CC2)c(Br)c1. The summed E-state index contributed by atoms with van der Waals surface area (Å²) in [5.41, 5.74) is 1.52. The van der Waals surface area contributed by atoms with Gasteiger partial charge in [-0.15, -0.1) is 0 Å². The zero-order valence-electron chi connectivity index (χ0n) is 11.8. The average Bonchev–Trinajstić information content (AvgIpc) is 2.46. The molecule has 0 aliphatic carbocycles. The maximum absolute atomic E-state index is 11.4. The lowest BCUT2D eigenvalue weighted by atomic mass is 10.1. The fourth-order valence-electron chi connectivity index (χ4n) is 2.28. The first-order valence-electron chi connectivity index (χ1n) is 6.72. The first-order valence-corrected chi connectivity index (χ1v) is 9.33. The number of hydrogen-bond donors (Lipinski definition) is 1. The Bertz CT molecular complexity index is 616. The highest BCUT2D eigenvalue weighted by atomic mass is 79.9. The maximum Gasteiger partial charge on any atom is 0.337 e. The minimum Gasteiger partial charge on any atom is -0.465 e. The summed E-state index contributed by atoms with van der Waals surface area (Å²) < 4.78 is 28.3. The van der Waals surface area contributed by atoms with Crippen LogP contribution >= 0.6 is 15.9 Å². The van der Waals surface area contributed by atoms with Gasteiger partial charge >= 0.3 is 5.97 Å². The third kappa shape index (κ3) is 4.52. The van der Waals surface area contributed by atoms with Crippen LogP contribution in [-0.4, -0.2) is 39.0 Å². The number of methoxy groups -OCH3 is 1. The number of benzene rings is 1. The molecule has 7 heteroatoms. The number of carbonyl (C=O) groups is 1. The minimum absolute atomic E-state index is 0.223. The maximum atomic E-state index is 11.4. The van der Waals surface area contributed by atoms with Gasteiger partial charge in [0.05, 0.1) is 24.2 Å². The predicted octanol–water partition coefficient (Wildman–Crippen LogP) is 1.90. The van der Waals surface area contributed by atoms with Gasteiger partial charge in [0.1, 0.15) is 9.84 Å². The third-order valence-corrected chi connectivity index (χ3v) is 6.06. The van der Waals surface area contributed by atoms with Crippen molar-refractivity contribution in [2.24, 2.45) is 0 Å². The van der Waals surface area contributed by atoms with Gasteiger partial charge in [0.2, 0.25) is 0 Å². The molecule has 21 heavy (non-hydrogen) atoms. The largest absolute Gasteiger partial charge is 0.465 e. The quantitative estimate of drug-likeness (QED) is 0.813. The van der Waals surface area contributed by atoms with Crippen LogP contribution in [0.4, 0.5) is 0 Å². The molecule has 116 valence electrons. The van der Waals surface area contributed by atoms with Gasteiger partial charge in [-0.25, -0.2) is 13.2 Å². The first kappa shape index (κ1) is 16.5. The second-order valence-electron chi connectivity index (χ2n) is 5.10. The molecule has 1 aliphatic rings. The van der Waals surface area contributed by atoms with E-state index < -0.39 is 9.84 Å². The molecule has 1 saturated heterocycles. The van der Waals surface area contributed by atoms with E-state index in [4.69, 9.17) is 0 Å². The van der Waals surface area contributed by atoms with E-state index in [1.807, 2.05) is 6.07 Å². The molecule has 1 aromatic rings. The Labute approximate surface area is 133 Å². The fraction of sp³-hybridized carbons (Fsp3) is 0.500. The summed E-state index contributed by atoms with van der Waals surface area (Å²) in [6.07, 6.45) is 1.31. The topological polar surface area (TPSA) is 72.5 Å². The molecule has 1 N–H and O–H groups in total. The van der Waals surface area contributed by atoms with E-state index in [9.17, 15) is 13.2 Å². The third-order valence-electron chi connectivity index (χ3n) is 3.61. The Hall–Kier alpha value is -0.920. The van der Waals surface area contributed by atoms with Crippen molar-refractivity contribution >= 4 is 31.7 Å². The fourth-order valence-corrected chi connectivity index (χ4v) is 4.29. The normalized spacial score (nSPS) is 18.4. The van der Waals surface area contributed by atoms with Crippen LogP contribution in [0.2, 0.25) is 0 Å². The van der Waals surface area contributed by atoms with Crippen molar-refractivity contribution < 1.29 is 17.9 Å². The van der Waals surface area contributed by atoms with E-state index >= 15 is 0 Å². The van der Waals surface area contributed by atoms with E-state index in [2.05, 4.69) is 26.0 Å². The van der Waals surface area contributed by atoms with Crippen molar-refractivity contribution in [1.82, 2.24) is 5.32 Å². The molecule has 0 unspecified atom stereocenters. The molecule has 0 bridgehead atoms. The number of sulfone groups is 1. The van der Waals surface area contributed by atoms with Crippen LogP contribution in [-0.2, 0) is 21.1 Å². The van der Waals surface area contributed by atoms with Crippen LogP contribution < -0.4 is 5.32 Å². The summed E-state index contributed by atoms with van der Waals surface area (Å²) in [5, 5.41) is 3.37. The highest BCUT2D eigenvalue weighted by Gasteiger charge is 2.23. The number of carbonyl (C=O) groups excluding carboxylic acids is 1. The predicted molar refractivity (Wildman–Crippen MR) is 84.0 cm³/mol. The summed E-state index contributed by atoms with van der Waals surface area (Å²) >= 11 is 3.44. The lowest BCUT2D eigenvalue weighted by Gasteiger charge is -2.23. The number of halogens is 1. The Kier molecular flexibility index (Phi) is 5.40. The Morgan fingerprint density at radius 1 is 1.38 bits per heavy atom. The van der Waals surface area contributed by atoms with Gasteiger partial charge in [-0.2, -0.15) is 0 Å². The van der Waals surface area contributed by atoms with Crippen LogP contribution in [0.15, 0.2) is 22.7 Å². The molecule has 0 atom stereocenters. The summed E-state index contributed by atoms with van der Waals surface area (Å²) in [7, 11) is -1.48. The van der Waals surface area contributed by atoms with Gasteiger partial charge in [0.15, 0.2) is 0 Å². The molecule has 0 amide bonds. The molecule has 2 rings (SSSR count). The highest BCUT2D eigenvalue weighted by Crippen LogP contribution is 2.20. The van der Waals surface area contributed by atoms with Crippen molar-refractivity contribution in [2.75, 3.05) is 18.6 Å². The molecule has 1 heterocycles. The van der Waals surface area contributed by atoms with Crippen LogP contribution in [0.25, 0.3) is 0 Å². The van der Waals surface area contributed by atoms with Crippen molar-refractivity contribution in [2.45, 2.75) is 25.4 Å². The number of esters is 1. The van der Waals surface area contributed by atoms with E-state index in [1.54, 1.807) is 12.1 Å². The molecule has 0 saturated carbocycles. The molecule has 1 aliphatic heterocycles. The monoisotopic (exact) mass is 375 g/mol.